The first kappa shape index (κ1) is 18.1. The highest BCUT2D eigenvalue weighted by molar-refractivity contribution is 7.99. The predicted molar refractivity (Wildman–Crippen MR) is 97.7 cm³/mol. The summed E-state index contributed by atoms with van der Waals surface area (Å²) in [7, 11) is 0. The molecule has 0 aromatic heterocycles. The quantitative estimate of drug-likeness (QED) is 0.822. The van der Waals surface area contributed by atoms with Gasteiger partial charge in [0.15, 0.2) is 0 Å². The molecule has 3 fully saturated rings. The van der Waals surface area contributed by atoms with Crippen molar-refractivity contribution in [3.63, 3.8) is 0 Å². The lowest BCUT2D eigenvalue weighted by Crippen LogP contribution is -2.49. The van der Waals surface area contributed by atoms with Crippen LogP contribution in [-0.4, -0.2) is 65.5 Å². The van der Waals surface area contributed by atoms with Gasteiger partial charge in [-0.25, -0.2) is 0 Å². The van der Waals surface area contributed by atoms with Crippen molar-refractivity contribution in [2.24, 2.45) is 17.3 Å². The molecule has 0 aliphatic carbocycles. The van der Waals surface area contributed by atoms with E-state index in [1.54, 1.807) is 11.8 Å². The fraction of sp³-hybridized carbons (Fsp3) is 0.889. The van der Waals surface area contributed by atoms with Crippen LogP contribution in [0.1, 0.15) is 40.0 Å². The van der Waals surface area contributed by atoms with Gasteiger partial charge in [0.05, 0.1) is 5.88 Å². The summed E-state index contributed by atoms with van der Waals surface area (Å²) in [6.45, 7) is 10.1. The van der Waals surface area contributed by atoms with Crippen LogP contribution in [-0.2, 0) is 9.59 Å². The van der Waals surface area contributed by atoms with Crippen LogP contribution in [0.25, 0.3) is 0 Å². The van der Waals surface area contributed by atoms with Crippen molar-refractivity contribution in [2.45, 2.75) is 46.1 Å². The lowest BCUT2D eigenvalue weighted by Gasteiger charge is -2.31. The normalized spacial score (nSPS) is 31.0. The van der Waals surface area contributed by atoms with Gasteiger partial charge in [0.25, 0.3) is 0 Å². The molecule has 5 nitrogen and oxygen atoms in total. The van der Waals surface area contributed by atoms with Gasteiger partial charge in [0.1, 0.15) is 6.04 Å². The molecule has 0 aromatic carbocycles. The van der Waals surface area contributed by atoms with E-state index in [-0.39, 0.29) is 23.3 Å². The third kappa shape index (κ3) is 4.07. The second kappa shape index (κ2) is 7.24. The molecule has 136 valence electrons. The zero-order chi connectivity index (χ0) is 17.3. The Kier molecular flexibility index (Phi) is 5.45. The molecule has 3 saturated heterocycles. The Morgan fingerprint density at radius 3 is 2.33 bits per heavy atom. The van der Waals surface area contributed by atoms with Gasteiger partial charge in [-0.2, -0.15) is 0 Å². The summed E-state index contributed by atoms with van der Waals surface area (Å²) in [5, 5.41) is 3.48. The molecule has 3 aliphatic heterocycles. The third-order valence-electron chi connectivity index (χ3n) is 5.50. The SMILES string of the molecule is CC(C)(C)CC(=O)N1CSCC1C(=O)N1CC[C@@H]2CNC[C@@H]2CC1. The Morgan fingerprint density at radius 2 is 1.75 bits per heavy atom. The van der Waals surface area contributed by atoms with Crippen LogP contribution < -0.4 is 5.32 Å². The molecule has 0 bridgehead atoms. The van der Waals surface area contributed by atoms with Crippen LogP contribution in [0.3, 0.4) is 0 Å². The number of nitrogens with zero attached hydrogens (tertiary/aromatic N) is 2. The summed E-state index contributed by atoms with van der Waals surface area (Å²) in [5.41, 5.74) is -0.0367. The van der Waals surface area contributed by atoms with Crippen molar-refractivity contribution in [1.29, 1.82) is 0 Å². The maximum absolute atomic E-state index is 13.1. The minimum absolute atomic E-state index is 0.0367. The number of hydrogen-bond donors (Lipinski definition) is 1. The minimum Gasteiger partial charge on any atom is -0.341 e. The van der Waals surface area contributed by atoms with Gasteiger partial charge in [0.2, 0.25) is 11.8 Å². The zero-order valence-corrected chi connectivity index (χ0v) is 16.0. The van der Waals surface area contributed by atoms with E-state index in [9.17, 15) is 9.59 Å². The first-order valence-corrected chi connectivity index (χ1v) is 10.4. The predicted octanol–water partition coefficient (Wildman–Crippen LogP) is 1.78. The summed E-state index contributed by atoms with van der Waals surface area (Å²) < 4.78 is 0. The van der Waals surface area contributed by atoms with Crippen LogP contribution in [0, 0.1) is 17.3 Å². The van der Waals surface area contributed by atoms with Crippen molar-refractivity contribution < 1.29 is 9.59 Å². The van der Waals surface area contributed by atoms with Crippen molar-refractivity contribution in [2.75, 3.05) is 37.8 Å². The van der Waals surface area contributed by atoms with Crippen LogP contribution in [0.4, 0.5) is 0 Å². The molecule has 0 spiro atoms. The number of rotatable bonds is 2. The number of likely N-dealkylation sites (tertiary alicyclic amines) is 1. The molecular weight excluding hydrogens is 322 g/mol. The largest absolute Gasteiger partial charge is 0.341 e. The van der Waals surface area contributed by atoms with Gasteiger partial charge in [-0.05, 0) is 43.2 Å². The highest BCUT2D eigenvalue weighted by Crippen LogP contribution is 2.30. The average Bonchev–Trinajstić information content (AvgIpc) is 3.11. The van der Waals surface area contributed by atoms with Gasteiger partial charge in [-0.1, -0.05) is 20.8 Å². The van der Waals surface area contributed by atoms with E-state index in [1.165, 1.54) is 0 Å². The lowest BCUT2D eigenvalue weighted by atomic mass is 9.91. The molecule has 3 aliphatic rings. The molecule has 0 aromatic rings. The van der Waals surface area contributed by atoms with E-state index in [0.29, 0.717) is 12.3 Å². The Balaban J connectivity index is 1.62. The smallest absolute Gasteiger partial charge is 0.246 e. The van der Waals surface area contributed by atoms with E-state index in [1.807, 2.05) is 9.80 Å². The average molecular weight is 354 g/mol. The molecule has 6 heteroatoms. The van der Waals surface area contributed by atoms with E-state index in [4.69, 9.17) is 0 Å². The summed E-state index contributed by atoms with van der Waals surface area (Å²) in [5.74, 6) is 3.16. The van der Waals surface area contributed by atoms with Gasteiger partial charge < -0.3 is 15.1 Å². The van der Waals surface area contributed by atoms with Gasteiger partial charge in [-0.15, -0.1) is 11.8 Å². The number of carbonyl (C=O) groups is 2. The van der Waals surface area contributed by atoms with Crippen LogP contribution in [0.15, 0.2) is 0 Å². The van der Waals surface area contributed by atoms with Gasteiger partial charge in [0, 0.05) is 25.3 Å². The monoisotopic (exact) mass is 353 g/mol. The molecule has 0 radical (unpaired) electrons. The minimum atomic E-state index is -0.249. The van der Waals surface area contributed by atoms with Gasteiger partial charge >= 0.3 is 0 Å². The van der Waals surface area contributed by atoms with Crippen LogP contribution in [0.5, 0.6) is 0 Å². The molecule has 3 atom stereocenters. The summed E-state index contributed by atoms with van der Waals surface area (Å²) >= 11 is 1.71. The van der Waals surface area contributed by atoms with E-state index >= 15 is 0 Å². The van der Waals surface area contributed by atoms with E-state index < -0.39 is 0 Å². The van der Waals surface area contributed by atoms with Crippen molar-refractivity contribution in [3.8, 4) is 0 Å². The highest BCUT2D eigenvalue weighted by atomic mass is 32.2. The maximum atomic E-state index is 13.1. The van der Waals surface area contributed by atoms with Crippen molar-refractivity contribution in [1.82, 2.24) is 15.1 Å². The number of fused-ring (bicyclic) bond motifs is 1. The molecule has 3 heterocycles. The number of nitrogens with one attached hydrogen (secondary N) is 1. The molecule has 3 rings (SSSR count). The second-order valence-corrected chi connectivity index (χ2v) is 9.70. The topological polar surface area (TPSA) is 52.7 Å². The van der Waals surface area contributed by atoms with Crippen LogP contribution >= 0.6 is 11.8 Å². The Hall–Kier alpha value is -0.750. The fourth-order valence-electron chi connectivity index (χ4n) is 4.10. The van der Waals surface area contributed by atoms with Gasteiger partial charge in [-0.3, -0.25) is 9.59 Å². The molecular formula is C18H31N3O2S. The van der Waals surface area contributed by atoms with Crippen LogP contribution in [0.2, 0.25) is 0 Å². The summed E-state index contributed by atoms with van der Waals surface area (Å²) in [6.07, 6.45) is 2.70. The first-order valence-electron chi connectivity index (χ1n) is 9.22. The van der Waals surface area contributed by atoms with E-state index in [0.717, 1.165) is 56.6 Å². The number of carbonyl (C=O) groups excluding carboxylic acids is 2. The van der Waals surface area contributed by atoms with Crippen molar-refractivity contribution in [3.05, 3.63) is 0 Å². The molecule has 0 saturated carbocycles. The Labute approximate surface area is 149 Å². The zero-order valence-electron chi connectivity index (χ0n) is 15.2. The first-order chi connectivity index (χ1) is 11.3. The highest BCUT2D eigenvalue weighted by Gasteiger charge is 2.39. The lowest BCUT2D eigenvalue weighted by molar-refractivity contribution is -0.144. The summed E-state index contributed by atoms with van der Waals surface area (Å²) in [6, 6.07) is -0.249. The Bertz CT molecular complexity index is 477. The molecule has 1 unspecified atom stereocenters. The molecule has 1 N–H and O–H groups in total. The molecule has 24 heavy (non-hydrogen) atoms. The second-order valence-electron chi connectivity index (χ2n) is 8.70. The standard InChI is InChI=1S/C18H31N3O2S/c1-18(2,3)8-16(22)21-12-24-11-15(21)17(23)20-6-4-13-9-19-10-14(13)5-7-20/h13-15,19H,4-12H2,1-3H3/t13-,14+,15?. The maximum Gasteiger partial charge on any atom is 0.246 e. The number of thioether (sulfide) groups is 1. The van der Waals surface area contributed by atoms with E-state index in [2.05, 4.69) is 26.1 Å². The van der Waals surface area contributed by atoms with Crippen molar-refractivity contribution >= 4 is 23.6 Å². The fourth-order valence-corrected chi connectivity index (χ4v) is 5.27. The number of hydrogen-bond acceptors (Lipinski definition) is 4. The summed E-state index contributed by atoms with van der Waals surface area (Å²) in [4.78, 5) is 29.5. The molecule has 2 amide bonds. The number of amides is 2. The third-order valence-corrected chi connectivity index (χ3v) is 6.51. The Morgan fingerprint density at radius 1 is 1.12 bits per heavy atom.